The Hall–Kier alpha value is -1.93. The molecule has 1 N–H and O–H groups in total. The van der Waals surface area contributed by atoms with E-state index in [0.29, 0.717) is 11.4 Å². The quantitative estimate of drug-likeness (QED) is 0.365. The number of methoxy groups -OCH3 is 2. The minimum Gasteiger partial charge on any atom is -0.710 e. The number of aromatic nitrogens is 1. The smallest absolute Gasteiger partial charge is 0.350 e. The monoisotopic (exact) mass is 454 g/mol. The van der Waals surface area contributed by atoms with Gasteiger partial charge in [0.1, 0.15) is 5.75 Å². The predicted molar refractivity (Wildman–Crippen MR) is 109 cm³/mol. The number of benzene rings is 1. The van der Waals surface area contributed by atoms with E-state index in [-0.39, 0.29) is 11.7 Å². The van der Waals surface area contributed by atoms with Crippen molar-refractivity contribution in [3.05, 3.63) is 46.1 Å². The van der Waals surface area contributed by atoms with Crippen LogP contribution in [0.4, 0.5) is 5.82 Å². The molecular formula is C19H23BrN2O4S. The van der Waals surface area contributed by atoms with Gasteiger partial charge >= 0.3 is 5.97 Å². The highest BCUT2D eigenvalue weighted by atomic mass is 79.9. The summed E-state index contributed by atoms with van der Waals surface area (Å²) in [7, 11) is 2.95. The number of rotatable bonds is 8. The summed E-state index contributed by atoms with van der Waals surface area (Å²) >= 11 is 4.76. The highest BCUT2D eigenvalue weighted by Gasteiger charge is 2.26. The number of carbonyl (C=O) groups excluding carboxylic acids is 1. The number of esters is 1. The Bertz CT molecular complexity index is 784. The molecule has 1 atom stereocenters. The Kier molecular flexibility index (Phi) is 7.79. The Labute approximate surface area is 172 Å². The summed E-state index contributed by atoms with van der Waals surface area (Å²) in [6, 6.07) is 10.2. The Balaban J connectivity index is 2.28. The van der Waals surface area contributed by atoms with Gasteiger partial charge in [-0.1, -0.05) is 29.8 Å². The molecule has 1 aromatic heterocycles. The van der Waals surface area contributed by atoms with Gasteiger partial charge in [-0.05, 0) is 41.9 Å². The second-order valence-electron chi connectivity index (χ2n) is 6.32. The third kappa shape index (κ3) is 6.04. The van der Waals surface area contributed by atoms with Gasteiger partial charge in [0.05, 0.1) is 14.2 Å². The molecule has 8 heteroatoms. The average Bonchev–Trinajstić information content (AvgIpc) is 2.64. The number of pyridine rings is 1. The van der Waals surface area contributed by atoms with E-state index in [2.05, 4.69) is 21.2 Å². The van der Waals surface area contributed by atoms with Gasteiger partial charge in [-0.15, -0.1) is 0 Å². The van der Waals surface area contributed by atoms with Crippen molar-refractivity contribution in [2.45, 2.75) is 36.2 Å². The lowest BCUT2D eigenvalue weighted by Crippen LogP contribution is -2.40. The first-order chi connectivity index (χ1) is 12.8. The van der Waals surface area contributed by atoms with Crippen molar-refractivity contribution in [2.24, 2.45) is 5.92 Å². The molecule has 2 rings (SSSR count). The van der Waals surface area contributed by atoms with Gasteiger partial charge < -0.3 is 14.7 Å². The normalized spacial score (nSPS) is 11.9. The molecule has 146 valence electrons. The number of halogens is 1. The standard InChI is InChI=1S/C19H23BrN2O4S/c1-12(2)9-16(19(23)26-4)21-17-10-13(20)11-18(22(17)24)27-15-7-5-14(25-3)6-8-15/h5-8,10-12,16,21H,9H2,1-4H3. The lowest BCUT2D eigenvalue weighted by atomic mass is 10.0. The Morgan fingerprint density at radius 2 is 1.93 bits per heavy atom. The molecule has 0 saturated heterocycles. The van der Waals surface area contributed by atoms with Crippen molar-refractivity contribution >= 4 is 39.5 Å². The van der Waals surface area contributed by atoms with Crippen LogP contribution in [-0.2, 0) is 9.53 Å². The molecule has 2 aromatic rings. The molecule has 0 bridgehead atoms. The second-order valence-corrected chi connectivity index (χ2v) is 8.33. The fraction of sp³-hybridized carbons (Fsp3) is 0.368. The van der Waals surface area contributed by atoms with Crippen LogP contribution in [0.2, 0.25) is 0 Å². The number of carbonyl (C=O) groups is 1. The van der Waals surface area contributed by atoms with Crippen LogP contribution in [-0.4, -0.2) is 26.2 Å². The minimum atomic E-state index is -0.594. The van der Waals surface area contributed by atoms with Gasteiger partial charge in [0.2, 0.25) is 0 Å². The number of hydrogen-bond donors (Lipinski definition) is 1. The third-order valence-electron chi connectivity index (χ3n) is 3.75. The molecule has 1 heterocycles. The lowest BCUT2D eigenvalue weighted by Gasteiger charge is -2.19. The van der Waals surface area contributed by atoms with Crippen molar-refractivity contribution in [3.8, 4) is 5.75 Å². The van der Waals surface area contributed by atoms with Crippen LogP contribution in [0, 0.1) is 11.1 Å². The molecule has 27 heavy (non-hydrogen) atoms. The van der Waals surface area contributed by atoms with E-state index in [9.17, 15) is 10.0 Å². The van der Waals surface area contributed by atoms with Crippen molar-refractivity contribution in [1.82, 2.24) is 0 Å². The molecule has 1 unspecified atom stereocenters. The van der Waals surface area contributed by atoms with E-state index in [4.69, 9.17) is 9.47 Å². The molecule has 0 amide bonds. The van der Waals surface area contributed by atoms with Crippen LogP contribution >= 0.6 is 27.7 Å². The molecule has 0 saturated carbocycles. The molecule has 0 spiro atoms. The molecule has 0 aliphatic heterocycles. The Morgan fingerprint density at radius 3 is 2.48 bits per heavy atom. The highest BCUT2D eigenvalue weighted by molar-refractivity contribution is 9.10. The Morgan fingerprint density at radius 1 is 1.26 bits per heavy atom. The van der Waals surface area contributed by atoms with E-state index < -0.39 is 12.0 Å². The van der Waals surface area contributed by atoms with Crippen LogP contribution in [0.3, 0.4) is 0 Å². The van der Waals surface area contributed by atoms with E-state index >= 15 is 0 Å². The summed E-state index contributed by atoms with van der Waals surface area (Å²) in [6.45, 7) is 4.02. The zero-order valence-corrected chi connectivity index (χ0v) is 18.1. The number of anilines is 1. The predicted octanol–water partition coefficient (Wildman–Crippen LogP) is 4.24. The topological polar surface area (TPSA) is 74.5 Å². The average molecular weight is 455 g/mol. The number of hydrogen-bond acceptors (Lipinski definition) is 6. The summed E-state index contributed by atoms with van der Waals surface area (Å²) < 4.78 is 11.5. The summed E-state index contributed by atoms with van der Waals surface area (Å²) in [4.78, 5) is 13.0. The van der Waals surface area contributed by atoms with Crippen LogP contribution in [0.5, 0.6) is 5.75 Å². The van der Waals surface area contributed by atoms with Gasteiger partial charge in [0, 0.05) is 27.9 Å². The van der Waals surface area contributed by atoms with E-state index in [1.165, 1.54) is 18.9 Å². The van der Waals surface area contributed by atoms with Crippen molar-refractivity contribution in [2.75, 3.05) is 19.5 Å². The lowest BCUT2D eigenvalue weighted by molar-refractivity contribution is -0.631. The van der Waals surface area contributed by atoms with Crippen LogP contribution in [0.25, 0.3) is 0 Å². The van der Waals surface area contributed by atoms with Crippen LogP contribution in [0.15, 0.2) is 50.8 Å². The zero-order chi connectivity index (χ0) is 20.0. The van der Waals surface area contributed by atoms with Crippen LogP contribution < -0.4 is 14.8 Å². The van der Waals surface area contributed by atoms with Gasteiger partial charge in [0.15, 0.2) is 11.1 Å². The molecule has 0 aliphatic carbocycles. The SMILES string of the molecule is COC(=O)C(CC(C)C)Nc1cc(Br)cc(Sc2ccc(OC)cc2)[n+]1[O-]. The minimum absolute atomic E-state index is 0.266. The van der Waals surface area contributed by atoms with Crippen molar-refractivity contribution < 1.29 is 19.0 Å². The van der Waals surface area contributed by atoms with Crippen molar-refractivity contribution in [3.63, 3.8) is 0 Å². The van der Waals surface area contributed by atoms with Crippen molar-refractivity contribution in [1.29, 1.82) is 0 Å². The summed E-state index contributed by atoms with van der Waals surface area (Å²) in [6.07, 6.45) is 0.556. The molecule has 0 aliphatic rings. The fourth-order valence-corrected chi connectivity index (χ4v) is 3.93. The van der Waals surface area contributed by atoms with Gasteiger partial charge in [-0.2, -0.15) is 0 Å². The van der Waals surface area contributed by atoms with Gasteiger partial charge in [-0.3, -0.25) is 5.32 Å². The number of ether oxygens (including phenoxy) is 2. The molecule has 6 nitrogen and oxygen atoms in total. The summed E-state index contributed by atoms with van der Waals surface area (Å²) in [5.74, 6) is 0.909. The number of nitrogens with one attached hydrogen (secondary N) is 1. The second kappa shape index (κ2) is 9.85. The fourth-order valence-electron chi connectivity index (χ4n) is 2.47. The third-order valence-corrected chi connectivity index (χ3v) is 5.21. The summed E-state index contributed by atoms with van der Waals surface area (Å²) in [5.41, 5.74) is 0. The van der Waals surface area contributed by atoms with Gasteiger partial charge in [-0.25, -0.2) is 9.52 Å². The maximum absolute atomic E-state index is 12.8. The van der Waals surface area contributed by atoms with Gasteiger partial charge in [0.25, 0.3) is 5.82 Å². The van der Waals surface area contributed by atoms with E-state index in [0.717, 1.165) is 19.8 Å². The van der Waals surface area contributed by atoms with Crippen LogP contribution in [0.1, 0.15) is 20.3 Å². The maximum Gasteiger partial charge on any atom is 0.350 e. The van der Waals surface area contributed by atoms with E-state index in [1.54, 1.807) is 19.2 Å². The first kappa shape index (κ1) is 21.4. The largest absolute Gasteiger partial charge is 0.710 e. The molecule has 0 radical (unpaired) electrons. The number of nitrogens with zero attached hydrogens (tertiary/aromatic N) is 1. The zero-order valence-electron chi connectivity index (χ0n) is 15.7. The summed E-state index contributed by atoms with van der Waals surface area (Å²) in [5, 5.41) is 16.3. The molecule has 1 aromatic carbocycles. The highest BCUT2D eigenvalue weighted by Crippen LogP contribution is 2.30. The molecular weight excluding hydrogens is 432 g/mol. The first-order valence-corrected chi connectivity index (χ1v) is 10.0. The maximum atomic E-state index is 12.8. The van der Waals surface area contributed by atoms with E-state index in [1.807, 2.05) is 38.1 Å². The first-order valence-electron chi connectivity index (χ1n) is 8.43. The molecule has 0 fully saturated rings.